The SMILES string of the molecule is CCCCC[CH2][Sn]([I])([CH2]C)[CH2]C.[NH2-]. The maximum absolute atomic E-state index is 2.86. The summed E-state index contributed by atoms with van der Waals surface area (Å²) in [6.07, 6.45) is 5.83. The molecule has 0 radical (unpaired) electrons. The molecule has 0 unspecified atom stereocenters. The molecule has 0 aromatic rings. The van der Waals surface area contributed by atoms with E-state index in [0.717, 1.165) is 0 Å². The topological polar surface area (TPSA) is 33.5 Å². The van der Waals surface area contributed by atoms with Gasteiger partial charge in [-0.3, -0.25) is 0 Å². The van der Waals surface area contributed by atoms with E-state index >= 15 is 0 Å². The maximum Gasteiger partial charge on any atom is -0.693 e. The van der Waals surface area contributed by atoms with E-state index in [4.69, 9.17) is 0 Å². The molecule has 0 aliphatic heterocycles. The van der Waals surface area contributed by atoms with Crippen molar-refractivity contribution < 1.29 is 0 Å². The van der Waals surface area contributed by atoms with Gasteiger partial charge in [0.15, 0.2) is 0 Å². The molecule has 0 aromatic heterocycles. The van der Waals surface area contributed by atoms with Crippen LogP contribution in [-0.2, 0) is 0 Å². The summed E-state index contributed by atoms with van der Waals surface area (Å²) in [5.41, 5.74) is 0. The number of hydrogen-bond donors (Lipinski definition) is 0. The van der Waals surface area contributed by atoms with Crippen LogP contribution in [0.5, 0.6) is 0 Å². The predicted molar refractivity (Wildman–Crippen MR) is 75.0 cm³/mol. The molecule has 1 nitrogen and oxygen atoms in total. The van der Waals surface area contributed by atoms with Crippen molar-refractivity contribution in [3.05, 3.63) is 6.15 Å². The van der Waals surface area contributed by atoms with Gasteiger partial charge in [-0.15, -0.1) is 0 Å². The Morgan fingerprint density at radius 1 is 0.923 bits per heavy atom. The van der Waals surface area contributed by atoms with Crippen LogP contribution in [0.1, 0.15) is 46.5 Å². The first kappa shape index (κ1) is 16.9. The van der Waals surface area contributed by atoms with E-state index in [1.165, 1.54) is 34.6 Å². The van der Waals surface area contributed by atoms with E-state index in [1.54, 1.807) is 4.44 Å². The Kier molecular flexibility index (Phi) is 13.0. The minimum absolute atomic E-state index is 0. The standard InChI is InChI=1S/C6H13.2C2H5.HI.H2N.Sn/c1-3-5-6-4-2;2*1-2;;;/h1,3-6H2,2H3;2*1H2,2H3;1H;1H2;/q;;;;-1;+1/p-1. The van der Waals surface area contributed by atoms with Gasteiger partial charge in [-0.05, 0) is 0 Å². The van der Waals surface area contributed by atoms with Gasteiger partial charge in [0.2, 0.25) is 0 Å². The Morgan fingerprint density at radius 3 is 1.85 bits per heavy atom. The van der Waals surface area contributed by atoms with Crippen molar-refractivity contribution in [1.82, 2.24) is 0 Å². The van der Waals surface area contributed by atoms with Crippen molar-refractivity contribution in [1.29, 1.82) is 0 Å². The molecule has 0 saturated carbocycles. The molecule has 0 saturated heterocycles. The number of nitrogens with two attached hydrogens (primary N) is 1. The third-order valence-corrected chi connectivity index (χ3v) is 27.4. The molecule has 2 N–H and O–H groups in total. The minimum Gasteiger partial charge on any atom is -0.693 e. The zero-order valence-corrected chi connectivity index (χ0v) is 14.4. The van der Waals surface area contributed by atoms with Crippen LogP contribution in [0.15, 0.2) is 0 Å². The molecule has 0 spiro atoms. The molecule has 0 aliphatic carbocycles. The molecular formula is C10H25INSn-. The Morgan fingerprint density at radius 2 is 1.46 bits per heavy atom. The third kappa shape index (κ3) is 8.48. The van der Waals surface area contributed by atoms with Crippen molar-refractivity contribution in [3.63, 3.8) is 0 Å². The van der Waals surface area contributed by atoms with Crippen LogP contribution in [0, 0.1) is 0 Å². The second-order valence-electron chi connectivity index (χ2n) is 3.67. The quantitative estimate of drug-likeness (QED) is 0.296. The molecule has 0 bridgehead atoms. The molecule has 0 atom stereocenters. The van der Waals surface area contributed by atoms with E-state index in [1.807, 2.05) is 0 Å². The second-order valence-corrected chi connectivity index (χ2v) is 31.1. The van der Waals surface area contributed by atoms with E-state index in [0.29, 0.717) is 0 Å². The number of rotatable bonds is 7. The Labute approximate surface area is 98.1 Å². The van der Waals surface area contributed by atoms with Crippen molar-refractivity contribution in [3.8, 4) is 0 Å². The maximum atomic E-state index is 2.86. The largest absolute Gasteiger partial charge is 0.693 e. The average Bonchev–Trinajstić information content (AvgIpc) is 2.12. The summed E-state index contributed by atoms with van der Waals surface area (Å²) in [5, 5.41) is 0. The van der Waals surface area contributed by atoms with Crippen LogP contribution < -0.4 is 0 Å². The fourth-order valence-electron chi connectivity index (χ4n) is 1.47. The van der Waals surface area contributed by atoms with E-state index in [2.05, 4.69) is 39.4 Å². The summed E-state index contributed by atoms with van der Waals surface area (Å²) in [7, 11) is 0. The van der Waals surface area contributed by atoms with Crippen LogP contribution in [0.3, 0.4) is 0 Å². The van der Waals surface area contributed by atoms with Crippen LogP contribution in [-0.4, -0.2) is 14.4 Å². The minimum atomic E-state index is -1.48. The number of halogens is 1. The molecule has 0 amide bonds. The van der Waals surface area contributed by atoms with Gasteiger partial charge in [0.25, 0.3) is 0 Å². The van der Waals surface area contributed by atoms with Gasteiger partial charge in [0.05, 0.1) is 0 Å². The zero-order chi connectivity index (χ0) is 9.45. The van der Waals surface area contributed by atoms with Crippen LogP contribution in [0.25, 0.3) is 6.15 Å². The molecule has 13 heavy (non-hydrogen) atoms. The first-order valence-corrected chi connectivity index (χ1v) is 19.7. The molecule has 0 rings (SSSR count). The van der Waals surface area contributed by atoms with Gasteiger partial charge in [-0.1, -0.05) is 0 Å². The second kappa shape index (κ2) is 10.0. The van der Waals surface area contributed by atoms with Gasteiger partial charge in [0, 0.05) is 0 Å². The summed E-state index contributed by atoms with van der Waals surface area (Å²) in [5.74, 6) is 0. The summed E-state index contributed by atoms with van der Waals surface area (Å²) in [6.45, 7) is 7.11. The van der Waals surface area contributed by atoms with E-state index in [-0.39, 0.29) is 6.15 Å². The van der Waals surface area contributed by atoms with Gasteiger partial charge < -0.3 is 6.15 Å². The Hall–Kier alpha value is 1.49. The van der Waals surface area contributed by atoms with Crippen molar-refractivity contribution in [2.45, 2.75) is 59.8 Å². The molecular weight excluding hydrogens is 380 g/mol. The normalized spacial score (nSPS) is 11.1. The third-order valence-electron chi connectivity index (χ3n) is 2.75. The van der Waals surface area contributed by atoms with Gasteiger partial charge >= 0.3 is 92.8 Å². The smallest absolute Gasteiger partial charge is 0.693 e. The molecule has 0 aromatic carbocycles. The molecule has 82 valence electrons. The monoisotopic (exact) mass is 406 g/mol. The van der Waals surface area contributed by atoms with Crippen molar-refractivity contribution >= 4 is 33.0 Å². The Balaban J connectivity index is 0. The summed E-state index contributed by atoms with van der Waals surface area (Å²) in [6, 6.07) is 0. The van der Waals surface area contributed by atoms with Crippen LogP contribution >= 0.6 is 18.6 Å². The van der Waals surface area contributed by atoms with E-state index < -0.39 is 14.4 Å². The fourth-order valence-corrected chi connectivity index (χ4v) is 10.00. The Bertz CT molecular complexity index is 105. The summed E-state index contributed by atoms with van der Waals surface area (Å²) >= 11 is 1.38. The predicted octanol–water partition coefficient (Wildman–Crippen LogP) is 5.70. The number of hydrogen-bond acceptors (Lipinski definition) is 0. The van der Waals surface area contributed by atoms with Crippen molar-refractivity contribution in [2.24, 2.45) is 0 Å². The van der Waals surface area contributed by atoms with E-state index in [9.17, 15) is 0 Å². The summed E-state index contributed by atoms with van der Waals surface area (Å²) in [4.78, 5) is 0. The van der Waals surface area contributed by atoms with Gasteiger partial charge in [0.1, 0.15) is 0 Å². The average molecular weight is 405 g/mol. The first-order chi connectivity index (χ1) is 5.68. The van der Waals surface area contributed by atoms with Crippen LogP contribution in [0.4, 0.5) is 0 Å². The molecule has 0 aliphatic rings. The first-order valence-electron chi connectivity index (χ1n) is 5.37. The number of unbranched alkanes of at least 4 members (excludes halogenated alkanes) is 3. The van der Waals surface area contributed by atoms with Crippen molar-refractivity contribution in [2.75, 3.05) is 0 Å². The molecule has 0 fully saturated rings. The van der Waals surface area contributed by atoms with Crippen LogP contribution in [0.2, 0.25) is 13.3 Å². The zero-order valence-electron chi connectivity index (χ0n) is 9.41. The summed E-state index contributed by atoms with van der Waals surface area (Å²) < 4.78 is 4.71. The molecule has 0 heterocycles. The fraction of sp³-hybridized carbons (Fsp3) is 1.00. The molecule has 3 heteroatoms. The van der Waals surface area contributed by atoms with Gasteiger partial charge in [-0.25, -0.2) is 0 Å². The van der Waals surface area contributed by atoms with Gasteiger partial charge in [-0.2, -0.15) is 0 Å².